The fourth-order valence-corrected chi connectivity index (χ4v) is 4.46. The number of hydrogen-bond donors (Lipinski definition) is 3. The lowest BCUT2D eigenvalue weighted by Gasteiger charge is -2.26. The maximum atomic E-state index is 14.2. The molecule has 0 spiro atoms. The lowest BCUT2D eigenvalue weighted by atomic mass is 9.85. The van der Waals surface area contributed by atoms with Crippen LogP contribution in [-0.4, -0.2) is 36.1 Å². The van der Waals surface area contributed by atoms with E-state index < -0.39 is 11.4 Å². The normalized spacial score (nSPS) is 14.3. The molecule has 1 saturated carbocycles. The molecule has 0 saturated heterocycles. The standard InChI is InChI=1S/C27H23FN8O.2ClH/c28-19-8-4-7-18(14-19)25-35-22-24(31)33-21(10-13-27(37)11-2-1-3-12-27)34-26(22)36(25)20-9-5-6-17(15-20)23(30)32-16-29;;/h4-9,14-15,37H,1-3,11-12H2,(H2,30,32)(H2,31,33,34);2*1H. The van der Waals surface area contributed by atoms with Crippen LogP contribution in [0.4, 0.5) is 10.2 Å². The first-order chi connectivity index (χ1) is 17.9. The van der Waals surface area contributed by atoms with E-state index in [1.54, 1.807) is 47.2 Å². The summed E-state index contributed by atoms with van der Waals surface area (Å²) in [5, 5.41) is 19.7. The van der Waals surface area contributed by atoms with Crippen molar-refractivity contribution in [2.24, 2.45) is 10.7 Å². The average Bonchev–Trinajstić information content (AvgIpc) is 3.28. The van der Waals surface area contributed by atoms with Crippen LogP contribution in [0.2, 0.25) is 0 Å². The lowest BCUT2D eigenvalue weighted by molar-refractivity contribution is 0.0610. The van der Waals surface area contributed by atoms with E-state index >= 15 is 0 Å². The maximum Gasteiger partial charge on any atom is 0.209 e. The Morgan fingerprint density at radius 2 is 1.79 bits per heavy atom. The van der Waals surface area contributed by atoms with Gasteiger partial charge in [-0.05, 0) is 55.9 Å². The second kappa shape index (κ2) is 12.1. The third-order valence-corrected chi connectivity index (χ3v) is 6.27. The number of nitrogen functional groups attached to an aromatic ring is 1. The van der Waals surface area contributed by atoms with E-state index in [1.165, 1.54) is 12.1 Å². The van der Waals surface area contributed by atoms with E-state index in [0.717, 1.165) is 19.3 Å². The number of amidine groups is 1. The van der Waals surface area contributed by atoms with E-state index in [4.69, 9.17) is 16.7 Å². The second-order valence-electron chi connectivity index (χ2n) is 8.88. The fourth-order valence-electron chi connectivity index (χ4n) is 4.46. The Balaban J connectivity index is 0.00000210. The number of anilines is 1. The summed E-state index contributed by atoms with van der Waals surface area (Å²) in [6.45, 7) is 0. The highest BCUT2D eigenvalue weighted by Crippen LogP contribution is 2.31. The van der Waals surface area contributed by atoms with E-state index in [2.05, 4.69) is 31.8 Å². The third kappa shape index (κ3) is 6.10. The van der Waals surface area contributed by atoms with Crippen LogP contribution in [-0.2, 0) is 0 Å². The van der Waals surface area contributed by atoms with Gasteiger partial charge in [-0.15, -0.1) is 24.8 Å². The van der Waals surface area contributed by atoms with E-state index in [9.17, 15) is 9.50 Å². The first-order valence-electron chi connectivity index (χ1n) is 11.8. The van der Waals surface area contributed by atoms with E-state index in [1.807, 2.05) is 0 Å². The Morgan fingerprint density at radius 3 is 2.51 bits per heavy atom. The second-order valence-corrected chi connectivity index (χ2v) is 8.88. The third-order valence-electron chi connectivity index (χ3n) is 6.27. The quantitative estimate of drug-likeness (QED) is 0.145. The highest BCUT2D eigenvalue weighted by molar-refractivity contribution is 5.98. The topological polar surface area (TPSA) is 152 Å². The average molecular weight is 567 g/mol. The van der Waals surface area contributed by atoms with Crippen molar-refractivity contribution in [1.29, 1.82) is 5.26 Å². The fraction of sp³-hybridized carbons (Fsp3) is 0.222. The molecule has 1 aliphatic rings. The summed E-state index contributed by atoms with van der Waals surface area (Å²) in [4.78, 5) is 17.2. The van der Waals surface area contributed by atoms with E-state index in [0.29, 0.717) is 46.6 Å². The van der Waals surface area contributed by atoms with Gasteiger partial charge in [0.25, 0.3) is 0 Å². The van der Waals surface area contributed by atoms with Gasteiger partial charge in [0.2, 0.25) is 12.0 Å². The minimum absolute atomic E-state index is 0. The molecule has 0 bridgehead atoms. The minimum Gasteiger partial charge on any atom is -0.383 e. The van der Waals surface area contributed by atoms with Gasteiger partial charge in [-0.2, -0.15) is 10.3 Å². The monoisotopic (exact) mass is 566 g/mol. The number of rotatable bonds is 3. The molecule has 0 aliphatic heterocycles. The highest BCUT2D eigenvalue weighted by Gasteiger charge is 2.27. The molecule has 2 aromatic heterocycles. The summed E-state index contributed by atoms with van der Waals surface area (Å²) in [6, 6.07) is 13.0. The molecule has 0 radical (unpaired) electrons. The number of halogens is 3. The smallest absolute Gasteiger partial charge is 0.209 e. The van der Waals surface area contributed by atoms with Crippen LogP contribution < -0.4 is 11.5 Å². The number of imidazole rings is 1. The van der Waals surface area contributed by atoms with Gasteiger partial charge < -0.3 is 16.6 Å². The Hall–Kier alpha value is -4.22. The van der Waals surface area contributed by atoms with Crippen LogP contribution in [0, 0.1) is 29.1 Å². The summed E-state index contributed by atoms with van der Waals surface area (Å²) in [6.07, 6.45) is 5.76. The van der Waals surface area contributed by atoms with Crippen molar-refractivity contribution < 1.29 is 9.50 Å². The van der Waals surface area contributed by atoms with Crippen molar-refractivity contribution in [2.45, 2.75) is 37.7 Å². The first kappa shape index (κ1) is 29.3. The van der Waals surface area contributed by atoms with Gasteiger partial charge in [0.15, 0.2) is 17.0 Å². The molecule has 4 aromatic rings. The van der Waals surface area contributed by atoms with Crippen LogP contribution >= 0.6 is 24.8 Å². The van der Waals surface area contributed by atoms with Gasteiger partial charge in [0.05, 0.1) is 0 Å². The van der Waals surface area contributed by atoms with Crippen molar-refractivity contribution >= 4 is 47.6 Å². The van der Waals surface area contributed by atoms with Crippen molar-refractivity contribution in [3.8, 4) is 35.1 Å². The predicted octanol–water partition coefficient (Wildman–Crippen LogP) is 4.28. The van der Waals surface area contributed by atoms with Crippen LogP contribution in [0.5, 0.6) is 0 Å². The molecule has 9 nitrogen and oxygen atoms in total. The van der Waals surface area contributed by atoms with Crippen molar-refractivity contribution in [2.75, 3.05) is 5.73 Å². The molecular formula is C27H25Cl2FN8O. The van der Waals surface area contributed by atoms with Crippen LogP contribution in [0.25, 0.3) is 28.2 Å². The number of nitriles is 1. The van der Waals surface area contributed by atoms with Crippen molar-refractivity contribution in [3.05, 3.63) is 65.7 Å². The molecule has 0 atom stereocenters. The molecule has 39 heavy (non-hydrogen) atoms. The highest BCUT2D eigenvalue weighted by atomic mass is 35.5. The summed E-state index contributed by atoms with van der Waals surface area (Å²) in [5.74, 6) is 6.05. The number of aliphatic hydroxyl groups is 1. The largest absolute Gasteiger partial charge is 0.383 e. The van der Waals surface area contributed by atoms with Crippen LogP contribution in [0.15, 0.2) is 53.5 Å². The Morgan fingerprint density at radius 1 is 1.05 bits per heavy atom. The summed E-state index contributed by atoms with van der Waals surface area (Å²) >= 11 is 0. The molecule has 1 fully saturated rings. The van der Waals surface area contributed by atoms with Gasteiger partial charge in [-0.25, -0.2) is 19.3 Å². The molecule has 0 amide bonds. The zero-order chi connectivity index (χ0) is 26.0. The van der Waals surface area contributed by atoms with E-state index in [-0.39, 0.29) is 42.3 Å². The van der Waals surface area contributed by atoms with Gasteiger partial charge in [0.1, 0.15) is 23.1 Å². The molecule has 12 heteroatoms. The van der Waals surface area contributed by atoms with Gasteiger partial charge >= 0.3 is 0 Å². The van der Waals surface area contributed by atoms with Gasteiger partial charge in [0, 0.05) is 16.8 Å². The predicted molar refractivity (Wildman–Crippen MR) is 152 cm³/mol. The Bertz CT molecular complexity index is 1650. The molecular weight excluding hydrogens is 542 g/mol. The van der Waals surface area contributed by atoms with Crippen LogP contribution in [0.3, 0.4) is 0 Å². The first-order valence-corrected chi connectivity index (χ1v) is 11.8. The zero-order valence-corrected chi connectivity index (χ0v) is 22.3. The number of aliphatic imine (C=N–C) groups is 1. The number of benzene rings is 2. The minimum atomic E-state index is -1.08. The molecule has 5 rings (SSSR count). The molecule has 0 unspecified atom stereocenters. The SMILES string of the molecule is Cl.Cl.N#CN=C(N)c1cccc(-n2c(-c3cccc(F)c3)nc3c(N)nc(C#CC4(O)CCCCC4)nc32)c1. The number of fused-ring (bicyclic) bond motifs is 1. The zero-order valence-electron chi connectivity index (χ0n) is 20.6. The van der Waals surface area contributed by atoms with Gasteiger partial charge in [-0.3, -0.25) is 4.57 Å². The number of aromatic nitrogens is 4. The summed E-state index contributed by atoms with van der Waals surface area (Å²) < 4.78 is 15.9. The molecule has 2 aromatic carbocycles. The summed E-state index contributed by atoms with van der Waals surface area (Å²) in [7, 11) is 0. The maximum absolute atomic E-state index is 14.2. The van der Waals surface area contributed by atoms with Crippen LogP contribution in [0.1, 0.15) is 43.5 Å². The summed E-state index contributed by atoms with van der Waals surface area (Å²) in [5.41, 5.74) is 13.4. The number of nitrogens with two attached hydrogens (primary N) is 2. The Kier molecular flexibility index (Phi) is 9.10. The van der Waals surface area contributed by atoms with Crippen molar-refractivity contribution in [1.82, 2.24) is 19.5 Å². The molecule has 2 heterocycles. The molecule has 5 N–H and O–H groups in total. The lowest BCUT2D eigenvalue weighted by Crippen LogP contribution is -2.29. The van der Waals surface area contributed by atoms with Crippen molar-refractivity contribution in [3.63, 3.8) is 0 Å². The number of nitrogens with zero attached hydrogens (tertiary/aromatic N) is 6. The number of hydrogen-bond acceptors (Lipinski definition) is 7. The molecule has 1 aliphatic carbocycles. The van der Waals surface area contributed by atoms with Gasteiger partial charge in [-0.1, -0.05) is 36.6 Å². The Labute approximate surface area is 236 Å². The molecule has 200 valence electrons.